The van der Waals surface area contributed by atoms with Crippen molar-refractivity contribution in [3.63, 3.8) is 0 Å². The molecule has 0 heterocycles. The van der Waals surface area contributed by atoms with Gasteiger partial charge < -0.3 is 4.90 Å². The lowest BCUT2D eigenvalue weighted by Crippen LogP contribution is -2.22. The fourth-order valence-electron chi connectivity index (χ4n) is 3.33. The first kappa shape index (κ1) is 19.6. The van der Waals surface area contributed by atoms with Crippen LogP contribution in [0.3, 0.4) is 0 Å². The molecule has 0 radical (unpaired) electrons. The van der Waals surface area contributed by atoms with Crippen molar-refractivity contribution in [3.05, 3.63) is 58.1 Å². The van der Waals surface area contributed by atoms with Crippen LogP contribution in [-0.4, -0.2) is 7.05 Å². The Morgan fingerprint density at radius 1 is 0.640 bits per heavy atom. The largest absolute Gasteiger partial charge is 0.344 e. The SMILES string of the molecule is Cc1cc(C)c(N(C)c2ccc(C(C)(C)C)cc2C(C)(C)C)cc1C. The van der Waals surface area contributed by atoms with E-state index in [4.69, 9.17) is 0 Å². The van der Waals surface area contributed by atoms with Crippen molar-refractivity contribution in [2.75, 3.05) is 11.9 Å². The third-order valence-electron chi connectivity index (χ3n) is 5.21. The van der Waals surface area contributed by atoms with Gasteiger partial charge in [0.1, 0.15) is 0 Å². The van der Waals surface area contributed by atoms with E-state index in [1.807, 2.05) is 0 Å². The van der Waals surface area contributed by atoms with Crippen LogP contribution in [-0.2, 0) is 10.8 Å². The second-order valence-corrected chi connectivity index (χ2v) is 9.51. The van der Waals surface area contributed by atoms with Gasteiger partial charge in [-0.3, -0.25) is 0 Å². The number of rotatable bonds is 2. The van der Waals surface area contributed by atoms with Crippen LogP contribution in [0, 0.1) is 20.8 Å². The first-order valence-electron chi connectivity index (χ1n) is 9.29. The molecule has 0 aliphatic carbocycles. The van der Waals surface area contributed by atoms with E-state index in [-0.39, 0.29) is 10.8 Å². The molecule has 136 valence electrons. The van der Waals surface area contributed by atoms with Crippen LogP contribution in [0.15, 0.2) is 30.3 Å². The van der Waals surface area contributed by atoms with Gasteiger partial charge in [0.05, 0.1) is 0 Å². The third kappa shape index (κ3) is 4.08. The lowest BCUT2D eigenvalue weighted by molar-refractivity contribution is 0.569. The van der Waals surface area contributed by atoms with Gasteiger partial charge in [-0.1, -0.05) is 59.7 Å². The van der Waals surface area contributed by atoms with E-state index in [2.05, 4.69) is 105 Å². The topological polar surface area (TPSA) is 3.24 Å². The predicted molar refractivity (Wildman–Crippen MR) is 113 cm³/mol. The molecule has 0 bridgehead atoms. The van der Waals surface area contributed by atoms with Crippen molar-refractivity contribution in [1.29, 1.82) is 0 Å². The Labute approximate surface area is 155 Å². The molecule has 0 atom stereocenters. The van der Waals surface area contributed by atoms with Gasteiger partial charge in [0.15, 0.2) is 0 Å². The zero-order valence-corrected chi connectivity index (χ0v) is 17.8. The molecule has 1 nitrogen and oxygen atoms in total. The summed E-state index contributed by atoms with van der Waals surface area (Å²) in [6.45, 7) is 20.4. The minimum Gasteiger partial charge on any atom is -0.344 e. The second kappa shape index (κ2) is 6.52. The maximum absolute atomic E-state index is 2.40. The van der Waals surface area contributed by atoms with E-state index in [9.17, 15) is 0 Å². The molecule has 25 heavy (non-hydrogen) atoms. The molecule has 0 spiro atoms. The molecule has 1 heteroatoms. The lowest BCUT2D eigenvalue weighted by atomic mass is 9.79. The number of hydrogen-bond donors (Lipinski definition) is 0. The Morgan fingerprint density at radius 3 is 1.72 bits per heavy atom. The number of aryl methyl sites for hydroxylation is 3. The first-order chi connectivity index (χ1) is 11.3. The highest BCUT2D eigenvalue weighted by Gasteiger charge is 2.24. The van der Waals surface area contributed by atoms with Crippen molar-refractivity contribution in [3.8, 4) is 0 Å². The number of nitrogens with zero attached hydrogens (tertiary/aromatic N) is 1. The van der Waals surface area contributed by atoms with E-state index in [0.717, 1.165) is 0 Å². The average molecular weight is 338 g/mol. The zero-order valence-electron chi connectivity index (χ0n) is 17.8. The van der Waals surface area contributed by atoms with Gasteiger partial charge in [-0.15, -0.1) is 0 Å². The molecule has 0 unspecified atom stereocenters. The van der Waals surface area contributed by atoms with Crippen molar-refractivity contribution >= 4 is 11.4 Å². The van der Waals surface area contributed by atoms with Crippen molar-refractivity contribution in [2.45, 2.75) is 73.1 Å². The minimum atomic E-state index is 0.0957. The fraction of sp³-hybridized carbons (Fsp3) is 0.500. The van der Waals surface area contributed by atoms with Crippen LogP contribution >= 0.6 is 0 Å². The van der Waals surface area contributed by atoms with E-state index in [0.29, 0.717) is 0 Å². The molecule has 0 saturated heterocycles. The van der Waals surface area contributed by atoms with Gasteiger partial charge >= 0.3 is 0 Å². The number of hydrogen-bond acceptors (Lipinski definition) is 1. The molecule has 0 aliphatic heterocycles. The molecule has 0 saturated carbocycles. The van der Waals surface area contributed by atoms with Gasteiger partial charge in [0.2, 0.25) is 0 Å². The Hall–Kier alpha value is -1.76. The van der Waals surface area contributed by atoms with E-state index in [1.54, 1.807) is 0 Å². The summed E-state index contributed by atoms with van der Waals surface area (Å²) in [4.78, 5) is 2.36. The van der Waals surface area contributed by atoms with Gasteiger partial charge in [-0.25, -0.2) is 0 Å². The van der Waals surface area contributed by atoms with E-state index >= 15 is 0 Å². The van der Waals surface area contributed by atoms with Gasteiger partial charge in [-0.2, -0.15) is 0 Å². The molecule has 0 N–H and O–H groups in total. The molecule has 0 amide bonds. The molecule has 0 aromatic heterocycles. The summed E-state index contributed by atoms with van der Waals surface area (Å²) < 4.78 is 0. The van der Waals surface area contributed by atoms with Crippen molar-refractivity contribution in [2.24, 2.45) is 0 Å². The highest BCUT2D eigenvalue weighted by Crippen LogP contribution is 2.39. The van der Waals surface area contributed by atoms with Crippen LogP contribution in [0.4, 0.5) is 11.4 Å². The summed E-state index contributed by atoms with van der Waals surface area (Å²) in [5.41, 5.74) is 9.66. The monoisotopic (exact) mass is 337 g/mol. The van der Waals surface area contributed by atoms with Crippen molar-refractivity contribution < 1.29 is 0 Å². The quantitative estimate of drug-likeness (QED) is 0.571. The Kier molecular flexibility index (Phi) is 5.10. The Morgan fingerprint density at radius 2 is 1.20 bits per heavy atom. The first-order valence-corrected chi connectivity index (χ1v) is 9.29. The standard InChI is InChI=1S/C24H35N/c1-16-13-18(3)22(14-17(16)2)25(10)21-12-11-19(23(4,5)6)15-20(21)24(7,8)9/h11-15H,1-10H3. The summed E-state index contributed by atoms with van der Waals surface area (Å²) in [6, 6.07) is 11.6. The fourth-order valence-corrected chi connectivity index (χ4v) is 3.33. The minimum absolute atomic E-state index is 0.0957. The molecule has 0 fully saturated rings. The van der Waals surface area contributed by atoms with Gasteiger partial charge in [0, 0.05) is 18.4 Å². The van der Waals surface area contributed by atoms with Gasteiger partial charge in [-0.05, 0) is 71.6 Å². The van der Waals surface area contributed by atoms with Crippen LogP contribution < -0.4 is 4.90 Å². The maximum Gasteiger partial charge on any atom is 0.0446 e. The highest BCUT2D eigenvalue weighted by molar-refractivity contribution is 5.71. The predicted octanol–water partition coefficient (Wildman–Crippen LogP) is 6.97. The van der Waals surface area contributed by atoms with Crippen LogP contribution in [0.2, 0.25) is 0 Å². The maximum atomic E-state index is 2.40. The summed E-state index contributed by atoms with van der Waals surface area (Å²) in [6.07, 6.45) is 0. The lowest BCUT2D eigenvalue weighted by Gasteiger charge is -2.32. The molecule has 2 aromatic carbocycles. The van der Waals surface area contributed by atoms with Crippen LogP contribution in [0.5, 0.6) is 0 Å². The Bertz CT molecular complexity index is 770. The summed E-state index contributed by atoms with van der Waals surface area (Å²) >= 11 is 0. The average Bonchev–Trinajstić information content (AvgIpc) is 2.48. The molecular weight excluding hydrogens is 302 g/mol. The molecule has 2 aromatic rings. The molecule has 2 rings (SSSR count). The smallest absolute Gasteiger partial charge is 0.0446 e. The van der Waals surface area contributed by atoms with Gasteiger partial charge in [0.25, 0.3) is 0 Å². The number of benzene rings is 2. The second-order valence-electron chi connectivity index (χ2n) is 9.51. The van der Waals surface area contributed by atoms with E-state index in [1.165, 1.54) is 39.2 Å². The van der Waals surface area contributed by atoms with E-state index < -0.39 is 0 Å². The van der Waals surface area contributed by atoms with Crippen LogP contribution in [0.1, 0.15) is 69.4 Å². The highest BCUT2D eigenvalue weighted by atomic mass is 15.1. The zero-order chi connectivity index (χ0) is 19.2. The molecule has 0 aliphatic rings. The third-order valence-corrected chi connectivity index (χ3v) is 5.21. The Balaban J connectivity index is 2.64. The molecular formula is C24H35N. The summed E-state index contributed by atoms with van der Waals surface area (Å²) in [5, 5.41) is 0. The summed E-state index contributed by atoms with van der Waals surface area (Å²) in [5.74, 6) is 0. The number of anilines is 2. The van der Waals surface area contributed by atoms with Crippen LogP contribution in [0.25, 0.3) is 0 Å². The van der Waals surface area contributed by atoms with Crippen molar-refractivity contribution in [1.82, 2.24) is 0 Å². The summed E-state index contributed by atoms with van der Waals surface area (Å²) in [7, 11) is 2.19. The normalized spacial score (nSPS) is 12.4.